The third-order valence-corrected chi connectivity index (χ3v) is 2.04. The number of aliphatic hydroxyl groups excluding tert-OH is 2. The van der Waals surface area contributed by atoms with E-state index >= 15 is 0 Å². The van der Waals surface area contributed by atoms with Gasteiger partial charge in [-0.05, 0) is 19.3 Å². The molecule has 0 bridgehead atoms. The van der Waals surface area contributed by atoms with Crippen molar-refractivity contribution in [2.75, 3.05) is 13.1 Å². The summed E-state index contributed by atoms with van der Waals surface area (Å²) in [6.07, 6.45) is 0.154. The molecule has 1 rings (SSSR count). The first-order valence-corrected chi connectivity index (χ1v) is 3.77. The fourth-order valence-electron chi connectivity index (χ4n) is 1.32. The topological polar surface area (TPSA) is 52.5 Å². The molecule has 2 unspecified atom stereocenters. The molecule has 0 radical (unpaired) electrons. The second kappa shape index (κ2) is 3.32. The molecule has 1 saturated heterocycles. The summed E-state index contributed by atoms with van der Waals surface area (Å²) < 4.78 is 0. The van der Waals surface area contributed by atoms with Gasteiger partial charge in [-0.25, -0.2) is 0 Å². The van der Waals surface area contributed by atoms with Crippen LogP contribution in [0.5, 0.6) is 0 Å². The number of rotatable bonds is 1. The molecular formula is C7H15NO2. The Labute approximate surface area is 61.1 Å². The average molecular weight is 145 g/mol. The molecule has 1 aliphatic rings. The van der Waals surface area contributed by atoms with Gasteiger partial charge in [0.2, 0.25) is 0 Å². The van der Waals surface area contributed by atoms with Crippen LogP contribution >= 0.6 is 0 Å². The van der Waals surface area contributed by atoms with Gasteiger partial charge in [0, 0.05) is 13.1 Å². The van der Waals surface area contributed by atoms with Crippen molar-refractivity contribution in [2.24, 2.45) is 5.92 Å². The normalized spacial score (nSPS) is 37.5. The molecule has 3 nitrogen and oxygen atoms in total. The Morgan fingerprint density at radius 2 is 2.20 bits per heavy atom. The maximum atomic E-state index is 9.15. The summed E-state index contributed by atoms with van der Waals surface area (Å²) in [5.74, 6) is 0.226. The lowest BCUT2D eigenvalue weighted by atomic mass is 9.93. The average Bonchev–Trinajstić information content (AvgIpc) is 1.88. The second-order valence-electron chi connectivity index (χ2n) is 3.05. The first-order valence-electron chi connectivity index (χ1n) is 3.77. The molecule has 0 aromatic carbocycles. The highest BCUT2D eigenvalue weighted by molar-refractivity contribution is 4.78. The van der Waals surface area contributed by atoms with Crippen molar-refractivity contribution in [1.29, 1.82) is 0 Å². The summed E-state index contributed by atoms with van der Waals surface area (Å²) in [4.78, 5) is 0. The molecule has 3 N–H and O–H groups in total. The first-order chi connectivity index (χ1) is 4.70. The number of hydrogen-bond acceptors (Lipinski definition) is 3. The third-order valence-electron chi connectivity index (χ3n) is 2.04. The quantitative estimate of drug-likeness (QED) is 0.459. The van der Waals surface area contributed by atoms with Crippen LogP contribution in [0.4, 0.5) is 0 Å². The number of piperidine rings is 1. The summed E-state index contributed by atoms with van der Waals surface area (Å²) in [5.41, 5.74) is 0. The minimum Gasteiger partial charge on any atom is -0.393 e. The molecule has 1 heterocycles. The molecule has 1 aliphatic heterocycles. The Morgan fingerprint density at radius 3 is 2.60 bits per heavy atom. The van der Waals surface area contributed by atoms with E-state index in [0.717, 1.165) is 13.0 Å². The summed E-state index contributed by atoms with van der Waals surface area (Å²) >= 11 is 0. The van der Waals surface area contributed by atoms with E-state index in [1.54, 1.807) is 6.92 Å². The summed E-state index contributed by atoms with van der Waals surface area (Å²) in [6, 6.07) is 0. The molecule has 0 aromatic rings. The lowest BCUT2D eigenvalue weighted by molar-refractivity contribution is 0.0491. The largest absolute Gasteiger partial charge is 0.393 e. The highest BCUT2D eigenvalue weighted by Crippen LogP contribution is 2.13. The molecule has 10 heavy (non-hydrogen) atoms. The van der Waals surface area contributed by atoms with Gasteiger partial charge in [0.15, 0.2) is 0 Å². The monoisotopic (exact) mass is 145 g/mol. The maximum Gasteiger partial charge on any atom is 0.0668 e. The smallest absolute Gasteiger partial charge is 0.0668 e. The van der Waals surface area contributed by atoms with Gasteiger partial charge in [-0.15, -0.1) is 0 Å². The Kier molecular flexibility index (Phi) is 2.65. The fraction of sp³-hybridized carbons (Fsp3) is 1.00. The highest BCUT2D eigenvalue weighted by atomic mass is 16.3. The van der Waals surface area contributed by atoms with Crippen molar-refractivity contribution in [1.82, 2.24) is 5.32 Å². The van der Waals surface area contributed by atoms with Crippen LogP contribution in [0.1, 0.15) is 13.3 Å². The molecule has 1 fully saturated rings. The van der Waals surface area contributed by atoms with Gasteiger partial charge < -0.3 is 15.5 Å². The lowest BCUT2D eigenvalue weighted by Crippen LogP contribution is -2.43. The number of aliphatic hydroxyl groups is 2. The van der Waals surface area contributed by atoms with E-state index < -0.39 is 0 Å². The molecule has 3 heteroatoms. The van der Waals surface area contributed by atoms with Gasteiger partial charge in [-0.2, -0.15) is 0 Å². The standard InChI is InChI=1S/C7H15NO2/c1-5(9)6-2-7(10)4-8-3-6/h5-10H,2-4H2,1H3/t5?,6?,7-/m0/s1. The van der Waals surface area contributed by atoms with Gasteiger partial charge in [-0.3, -0.25) is 0 Å². The van der Waals surface area contributed by atoms with Crippen LogP contribution in [0.15, 0.2) is 0 Å². The SMILES string of the molecule is CC(O)C1CNC[C@@H](O)C1. The Balaban J connectivity index is 2.32. The zero-order valence-electron chi connectivity index (χ0n) is 6.25. The number of β-amino-alcohol motifs (C(OH)–C–C–N with tert-alkyl or cyclic N) is 1. The highest BCUT2D eigenvalue weighted by Gasteiger charge is 2.22. The van der Waals surface area contributed by atoms with E-state index in [1.807, 2.05) is 0 Å². The van der Waals surface area contributed by atoms with Crippen molar-refractivity contribution in [3.8, 4) is 0 Å². The fourth-order valence-corrected chi connectivity index (χ4v) is 1.32. The molecule has 0 aliphatic carbocycles. The molecule has 0 spiro atoms. The summed E-state index contributed by atoms with van der Waals surface area (Å²) in [5, 5.41) is 21.4. The lowest BCUT2D eigenvalue weighted by Gasteiger charge is -2.28. The number of hydrogen-bond donors (Lipinski definition) is 3. The van der Waals surface area contributed by atoms with E-state index in [-0.39, 0.29) is 18.1 Å². The van der Waals surface area contributed by atoms with Crippen molar-refractivity contribution in [2.45, 2.75) is 25.6 Å². The summed E-state index contributed by atoms with van der Waals surface area (Å²) in [7, 11) is 0. The van der Waals surface area contributed by atoms with Crippen molar-refractivity contribution in [3.63, 3.8) is 0 Å². The van der Waals surface area contributed by atoms with Crippen LogP contribution in [0, 0.1) is 5.92 Å². The van der Waals surface area contributed by atoms with E-state index in [4.69, 9.17) is 10.2 Å². The van der Waals surface area contributed by atoms with Gasteiger partial charge in [-0.1, -0.05) is 0 Å². The Bertz CT molecular complexity index is 106. The predicted molar refractivity (Wildman–Crippen MR) is 38.7 cm³/mol. The minimum absolute atomic E-state index is 0.226. The van der Waals surface area contributed by atoms with Crippen LogP contribution in [0.3, 0.4) is 0 Å². The van der Waals surface area contributed by atoms with E-state index in [1.165, 1.54) is 0 Å². The van der Waals surface area contributed by atoms with Crippen molar-refractivity contribution >= 4 is 0 Å². The molecule has 3 atom stereocenters. The van der Waals surface area contributed by atoms with Crippen molar-refractivity contribution in [3.05, 3.63) is 0 Å². The first kappa shape index (κ1) is 7.98. The predicted octanol–water partition coefficient (Wildman–Crippen LogP) is -0.662. The molecule has 0 amide bonds. The zero-order valence-corrected chi connectivity index (χ0v) is 6.25. The third kappa shape index (κ3) is 1.94. The minimum atomic E-state index is -0.303. The Hall–Kier alpha value is -0.120. The maximum absolute atomic E-state index is 9.15. The van der Waals surface area contributed by atoms with Crippen LogP contribution < -0.4 is 5.32 Å². The van der Waals surface area contributed by atoms with Gasteiger partial charge in [0.05, 0.1) is 12.2 Å². The van der Waals surface area contributed by atoms with E-state index in [0.29, 0.717) is 6.54 Å². The van der Waals surface area contributed by atoms with Gasteiger partial charge in [0.1, 0.15) is 0 Å². The van der Waals surface area contributed by atoms with E-state index in [9.17, 15) is 0 Å². The van der Waals surface area contributed by atoms with Gasteiger partial charge in [0.25, 0.3) is 0 Å². The van der Waals surface area contributed by atoms with Crippen LogP contribution in [0.2, 0.25) is 0 Å². The van der Waals surface area contributed by atoms with Crippen LogP contribution in [-0.2, 0) is 0 Å². The Morgan fingerprint density at radius 1 is 1.50 bits per heavy atom. The van der Waals surface area contributed by atoms with Crippen LogP contribution in [-0.4, -0.2) is 35.5 Å². The zero-order chi connectivity index (χ0) is 7.56. The number of nitrogens with one attached hydrogen (secondary N) is 1. The summed E-state index contributed by atoms with van der Waals surface area (Å²) in [6.45, 7) is 3.27. The molecule has 0 saturated carbocycles. The van der Waals surface area contributed by atoms with Crippen molar-refractivity contribution < 1.29 is 10.2 Å². The second-order valence-corrected chi connectivity index (χ2v) is 3.05. The molecule has 0 aromatic heterocycles. The van der Waals surface area contributed by atoms with Gasteiger partial charge >= 0.3 is 0 Å². The van der Waals surface area contributed by atoms with Crippen LogP contribution in [0.25, 0.3) is 0 Å². The van der Waals surface area contributed by atoms with E-state index in [2.05, 4.69) is 5.32 Å². The molecule has 60 valence electrons. The molecular weight excluding hydrogens is 130 g/mol.